The first-order chi connectivity index (χ1) is 13.7. The maximum Gasteiger partial charge on any atom is 0.129 e. The van der Waals surface area contributed by atoms with E-state index in [2.05, 4.69) is 70.9 Å². The Morgan fingerprint density at radius 2 is 1.90 bits per heavy atom. The molecule has 0 fully saturated rings. The predicted octanol–water partition coefficient (Wildman–Crippen LogP) is 5.86. The van der Waals surface area contributed by atoms with Crippen molar-refractivity contribution < 1.29 is 4.74 Å². The van der Waals surface area contributed by atoms with Gasteiger partial charge in [-0.05, 0) is 36.7 Å². The number of hydrogen-bond acceptors (Lipinski definition) is 3. The normalized spacial score (nSPS) is 12.3. The van der Waals surface area contributed by atoms with Crippen LogP contribution in [0, 0.1) is 6.92 Å². The molecule has 5 nitrogen and oxygen atoms in total. The van der Waals surface area contributed by atoms with E-state index in [1.54, 1.807) is 0 Å². The van der Waals surface area contributed by atoms with Gasteiger partial charge in [0.05, 0.1) is 29.1 Å². The van der Waals surface area contributed by atoms with Gasteiger partial charge in [0.25, 0.3) is 0 Å². The monoisotopic (exact) mass is 426 g/mol. The molecule has 4 aromatic rings. The SMILES string of the molecule is Cc1c(-c2cc3cc(Cl)ncc3n2C)ccc2c1ncn2COCC[Si](C)(C)C. The van der Waals surface area contributed by atoms with E-state index >= 15 is 0 Å². The van der Waals surface area contributed by atoms with E-state index in [9.17, 15) is 0 Å². The van der Waals surface area contributed by atoms with Crippen LogP contribution in [0.25, 0.3) is 33.2 Å². The number of aromatic nitrogens is 4. The number of imidazole rings is 1. The third-order valence-electron chi connectivity index (χ3n) is 5.44. The van der Waals surface area contributed by atoms with Crippen molar-refractivity contribution in [3.05, 3.63) is 47.5 Å². The summed E-state index contributed by atoms with van der Waals surface area (Å²) in [6.45, 7) is 10.6. The molecular formula is C22H27ClN4OSi. The van der Waals surface area contributed by atoms with Crippen LogP contribution < -0.4 is 0 Å². The second kappa shape index (κ2) is 7.59. The van der Waals surface area contributed by atoms with Crippen molar-refractivity contribution in [1.29, 1.82) is 0 Å². The van der Waals surface area contributed by atoms with Gasteiger partial charge in [-0.15, -0.1) is 0 Å². The minimum Gasteiger partial charge on any atom is -0.361 e. The number of benzene rings is 1. The van der Waals surface area contributed by atoms with Gasteiger partial charge < -0.3 is 13.9 Å². The summed E-state index contributed by atoms with van der Waals surface area (Å²) < 4.78 is 10.2. The molecule has 29 heavy (non-hydrogen) atoms. The lowest BCUT2D eigenvalue weighted by atomic mass is 10.0. The Kier molecular flexibility index (Phi) is 5.27. The fraction of sp³-hybridized carbons (Fsp3) is 0.364. The van der Waals surface area contributed by atoms with Crippen molar-refractivity contribution >= 4 is 41.6 Å². The summed E-state index contributed by atoms with van der Waals surface area (Å²) in [5.41, 5.74) is 6.63. The van der Waals surface area contributed by atoms with Gasteiger partial charge in [0.1, 0.15) is 11.9 Å². The number of ether oxygens (including phenoxy) is 1. The second-order valence-corrected chi connectivity index (χ2v) is 14.8. The molecule has 0 saturated heterocycles. The van der Waals surface area contributed by atoms with E-state index in [1.165, 1.54) is 6.04 Å². The summed E-state index contributed by atoms with van der Waals surface area (Å²) >= 11 is 6.07. The van der Waals surface area contributed by atoms with Crippen LogP contribution in [-0.4, -0.2) is 33.8 Å². The standard InChI is InChI=1S/C22H27ClN4OSi/c1-15-17(19-10-16-11-21(23)24-12-20(16)26(19)2)6-7-18-22(15)25-13-27(18)14-28-8-9-29(3,4)5/h6-7,10-13H,8-9,14H2,1-5H3. The molecule has 0 N–H and O–H groups in total. The van der Waals surface area contributed by atoms with Crippen LogP contribution >= 0.6 is 11.6 Å². The van der Waals surface area contributed by atoms with Gasteiger partial charge in [-0.2, -0.15) is 0 Å². The lowest BCUT2D eigenvalue weighted by Gasteiger charge is -2.15. The minimum atomic E-state index is -1.08. The molecule has 7 heteroatoms. The summed E-state index contributed by atoms with van der Waals surface area (Å²) in [6.07, 6.45) is 3.70. The van der Waals surface area contributed by atoms with Crippen molar-refractivity contribution in [1.82, 2.24) is 19.1 Å². The Labute approximate surface area is 177 Å². The van der Waals surface area contributed by atoms with Crippen LogP contribution in [0.1, 0.15) is 5.56 Å². The van der Waals surface area contributed by atoms with Crippen LogP contribution in [0.4, 0.5) is 0 Å². The van der Waals surface area contributed by atoms with Crippen LogP contribution in [0.15, 0.2) is 36.8 Å². The van der Waals surface area contributed by atoms with Crippen LogP contribution in [0.2, 0.25) is 30.8 Å². The van der Waals surface area contributed by atoms with E-state index in [4.69, 9.17) is 16.3 Å². The molecule has 3 aromatic heterocycles. The van der Waals surface area contributed by atoms with Gasteiger partial charge in [0.2, 0.25) is 0 Å². The van der Waals surface area contributed by atoms with Crippen molar-refractivity contribution in [3.63, 3.8) is 0 Å². The first-order valence-electron chi connectivity index (χ1n) is 9.88. The highest BCUT2D eigenvalue weighted by molar-refractivity contribution is 6.76. The summed E-state index contributed by atoms with van der Waals surface area (Å²) in [5.74, 6) is 0. The molecule has 0 aliphatic rings. The van der Waals surface area contributed by atoms with Gasteiger partial charge in [-0.1, -0.05) is 37.3 Å². The van der Waals surface area contributed by atoms with Gasteiger partial charge in [0.15, 0.2) is 0 Å². The molecule has 3 heterocycles. The molecule has 1 aromatic carbocycles. The van der Waals surface area contributed by atoms with E-state index in [0.29, 0.717) is 11.9 Å². The molecular weight excluding hydrogens is 400 g/mol. The second-order valence-electron chi connectivity index (χ2n) is 8.82. The Morgan fingerprint density at radius 1 is 1.10 bits per heavy atom. The topological polar surface area (TPSA) is 44.9 Å². The van der Waals surface area contributed by atoms with Crippen molar-refractivity contribution in [3.8, 4) is 11.3 Å². The first-order valence-corrected chi connectivity index (χ1v) is 14.0. The summed E-state index contributed by atoms with van der Waals surface area (Å²) in [4.78, 5) is 8.90. The van der Waals surface area contributed by atoms with Gasteiger partial charge in [-0.25, -0.2) is 9.97 Å². The van der Waals surface area contributed by atoms with Crippen molar-refractivity contribution in [2.45, 2.75) is 39.3 Å². The zero-order valence-electron chi connectivity index (χ0n) is 17.7. The number of aryl methyl sites for hydroxylation is 2. The van der Waals surface area contributed by atoms with Gasteiger partial charge >= 0.3 is 0 Å². The highest BCUT2D eigenvalue weighted by atomic mass is 35.5. The Morgan fingerprint density at radius 3 is 2.66 bits per heavy atom. The molecule has 0 amide bonds. The van der Waals surface area contributed by atoms with Crippen LogP contribution in [0.3, 0.4) is 0 Å². The molecule has 0 spiro atoms. The Bertz CT molecular complexity index is 1190. The van der Waals surface area contributed by atoms with Crippen molar-refractivity contribution in [2.75, 3.05) is 6.61 Å². The van der Waals surface area contributed by atoms with E-state index in [-0.39, 0.29) is 0 Å². The average molecular weight is 427 g/mol. The number of pyridine rings is 1. The molecule has 0 unspecified atom stereocenters. The molecule has 152 valence electrons. The van der Waals surface area contributed by atoms with Crippen LogP contribution in [-0.2, 0) is 18.5 Å². The van der Waals surface area contributed by atoms with Gasteiger partial charge in [-0.3, -0.25) is 0 Å². The smallest absolute Gasteiger partial charge is 0.129 e. The fourth-order valence-corrected chi connectivity index (χ4v) is 4.58. The molecule has 0 saturated carbocycles. The Balaban J connectivity index is 1.65. The number of halogens is 1. The largest absolute Gasteiger partial charge is 0.361 e. The quantitative estimate of drug-likeness (QED) is 0.220. The third kappa shape index (κ3) is 3.97. The maximum atomic E-state index is 6.07. The van der Waals surface area contributed by atoms with Crippen molar-refractivity contribution in [2.24, 2.45) is 7.05 Å². The zero-order valence-corrected chi connectivity index (χ0v) is 19.4. The summed E-state index contributed by atoms with van der Waals surface area (Å²) in [7, 11) is 0.982. The Hall–Kier alpha value is -2.15. The van der Waals surface area contributed by atoms with Crippen LogP contribution in [0.5, 0.6) is 0 Å². The number of fused-ring (bicyclic) bond motifs is 2. The number of hydrogen-bond donors (Lipinski definition) is 0. The fourth-order valence-electron chi connectivity index (χ4n) is 3.66. The summed E-state index contributed by atoms with van der Waals surface area (Å²) in [6, 6.07) is 9.54. The number of rotatable bonds is 6. The predicted molar refractivity (Wildman–Crippen MR) is 123 cm³/mol. The molecule has 0 aliphatic heterocycles. The molecule has 0 bridgehead atoms. The average Bonchev–Trinajstić information content (AvgIpc) is 3.20. The zero-order chi connectivity index (χ0) is 20.8. The third-order valence-corrected chi connectivity index (χ3v) is 7.35. The highest BCUT2D eigenvalue weighted by Gasteiger charge is 2.16. The summed E-state index contributed by atoms with van der Waals surface area (Å²) in [5, 5.41) is 1.60. The van der Waals surface area contributed by atoms with E-state index in [0.717, 1.165) is 45.4 Å². The van der Waals surface area contributed by atoms with E-state index in [1.807, 2.05) is 18.6 Å². The number of nitrogens with zero attached hydrogens (tertiary/aromatic N) is 4. The molecule has 0 radical (unpaired) electrons. The van der Waals surface area contributed by atoms with E-state index < -0.39 is 8.07 Å². The molecule has 0 atom stereocenters. The van der Waals surface area contributed by atoms with Gasteiger partial charge in [0, 0.05) is 38.4 Å². The highest BCUT2D eigenvalue weighted by Crippen LogP contribution is 2.33. The molecule has 0 aliphatic carbocycles. The lowest BCUT2D eigenvalue weighted by Crippen LogP contribution is -2.21. The maximum absolute atomic E-state index is 6.07. The lowest BCUT2D eigenvalue weighted by molar-refractivity contribution is 0.0898. The minimum absolute atomic E-state index is 0.509. The molecule has 4 rings (SSSR count). The first kappa shape index (κ1) is 20.1.